The number of benzene rings is 1. The number of anilines is 1. The molecule has 3 N–H and O–H groups in total. The number of para-hydroxylation sites is 1. The van der Waals surface area contributed by atoms with Crippen molar-refractivity contribution in [1.29, 1.82) is 0 Å². The summed E-state index contributed by atoms with van der Waals surface area (Å²) in [5, 5.41) is 2.94. The third kappa shape index (κ3) is 3.51. The molecule has 0 saturated heterocycles. The van der Waals surface area contributed by atoms with E-state index in [1.165, 1.54) is 0 Å². The van der Waals surface area contributed by atoms with Gasteiger partial charge in [-0.05, 0) is 43.7 Å². The van der Waals surface area contributed by atoms with E-state index in [9.17, 15) is 4.79 Å². The molecule has 1 amide bonds. The van der Waals surface area contributed by atoms with Crippen LogP contribution in [0.5, 0.6) is 5.75 Å². The molecule has 0 spiro atoms. The molecule has 2 aromatic rings. The maximum absolute atomic E-state index is 12.4. The third-order valence-corrected chi connectivity index (χ3v) is 3.13. The third-order valence-electron chi connectivity index (χ3n) is 3.13. The largest absolute Gasteiger partial charge is 0.491 e. The molecule has 0 aliphatic carbocycles. The summed E-state index contributed by atoms with van der Waals surface area (Å²) in [5.41, 5.74) is 7.76. The minimum Gasteiger partial charge on any atom is -0.491 e. The van der Waals surface area contributed by atoms with Crippen LogP contribution >= 0.6 is 0 Å². The first-order chi connectivity index (χ1) is 10.1. The zero-order valence-corrected chi connectivity index (χ0v) is 12.2. The average Bonchev–Trinajstić information content (AvgIpc) is 2.50. The van der Waals surface area contributed by atoms with Gasteiger partial charge in [0.05, 0.1) is 23.9 Å². The highest BCUT2D eigenvalue weighted by atomic mass is 16.5. The lowest BCUT2D eigenvalue weighted by Crippen LogP contribution is -2.27. The second-order valence-electron chi connectivity index (χ2n) is 4.63. The minimum absolute atomic E-state index is 0.128. The second kappa shape index (κ2) is 6.74. The zero-order chi connectivity index (χ0) is 15.2. The topological polar surface area (TPSA) is 77.2 Å². The number of rotatable bonds is 5. The first-order valence-corrected chi connectivity index (χ1v) is 6.85. The molecule has 0 fully saturated rings. The average molecular weight is 285 g/mol. The van der Waals surface area contributed by atoms with E-state index in [1.807, 2.05) is 26.0 Å². The lowest BCUT2D eigenvalue weighted by Gasteiger charge is -2.16. The van der Waals surface area contributed by atoms with Crippen LogP contribution in [0.2, 0.25) is 0 Å². The van der Waals surface area contributed by atoms with E-state index in [1.54, 1.807) is 30.6 Å². The number of aromatic nitrogens is 1. The summed E-state index contributed by atoms with van der Waals surface area (Å²) in [4.78, 5) is 16.4. The Morgan fingerprint density at radius 1 is 1.33 bits per heavy atom. The molecule has 5 nitrogen and oxygen atoms in total. The Bertz CT molecular complexity index is 614. The Kier molecular flexibility index (Phi) is 4.77. The molecule has 1 aromatic carbocycles. The molecule has 1 atom stereocenters. The molecular formula is C16H19N3O2. The molecule has 1 heterocycles. The quantitative estimate of drug-likeness (QED) is 0.828. The van der Waals surface area contributed by atoms with E-state index >= 15 is 0 Å². The van der Waals surface area contributed by atoms with E-state index in [2.05, 4.69) is 10.3 Å². The van der Waals surface area contributed by atoms with Gasteiger partial charge >= 0.3 is 0 Å². The number of nitrogen functional groups attached to an aromatic ring is 1. The van der Waals surface area contributed by atoms with Crippen LogP contribution in [0.3, 0.4) is 0 Å². The maximum atomic E-state index is 12.4. The molecule has 0 bridgehead atoms. The second-order valence-corrected chi connectivity index (χ2v) is 4.63. The molecule has 0 aliphatic rings. The predicted octanol–water partition coefficient (Wildman–Crippen LogP) is 2.55. The van der Waals surface area contributed by atoms with E-state index in [4.69, 9.17) is 10.5 Å². The van der Waals surface area contributed by atoms with Crippen molar-refractivity contribution in [3.05, 3.63) is 53.9 Å². The van der Waals surface area contributed by atoms with Crippen molar-refractivity contribution in [3.8, 4) is 5.75 Å². The standard InChI is InChI=1S/C16H19N3O2/c1-3-21-15-13(5-4-6-14(15)17)16(20)19-11(2)12-7-9-18-10-8-12/h4-11H,3,17H2,1-2H3,(H,19,20). The normalized spacial score (nSPS) is 11.7. The van der Waals surface area contributed by atoms with Crippen molar-refractivity contribution in [1.82, 2.24) is 10.3 Å². The number of hydrogen-bond donors (Lipinski definition) is 2. The van der Waals surface area contributed by atoms with Gasteiger partial charge in [-0.3, -0.25) is 9.78 Å². The lowest BCUT2D eigenvalue weighted by atomic mass is 10.1. The zero-order valence-electron chi connectivity index (χ0n) is 12.2. The molecule has 2 rings (SSSR count). The molecule has 1 unspecified atom stereocenters. The van der Waals surface area contributed by atoms with Crippen molar-refractivity contribution in [2.24, 2.45) is 0 Å². The highest BCUT2D eigenvalue weighted by Crippen LogP contribution is 2.27. The number of nitrogens with one attached hydrogen (secondary N) is 1. The fourth-order valence-electron chi connectivity index (χ4n) is 2.05. The van der Waals surface area contributed by atoms with Gasteiger partial charge in [0, 0.05) is 12.4 Å². The number of nitrogens with zero attached hydrogens (tertiary/aromatic N) is 1. The van der Waals surface area contributed by atoms with Crippen molar-refractivity contribution >= 4 is 11.6 Å². The van der Waals surface area contributed by atoms with Crippen LogP contribution in [0, 0.1) is 0 Å². The summed E-state index contributed by atoms with van der Waals surface area (Å²) in [7, 11) is 0. The fraction of sp³-hybridized carbons (Fsp3) is 0.250. The number of ether oxygens (including phenoxy) is 1. The van der Waals surface area contributed by atoms with Gasteiger partial charge in [0.2, 0.25) is 0 Å². The highest BCUT2D eigenvalue weighted by Gasteiger charge is 2.17. The number of carbonyl (C=O) groups excluding carboxylic acids is 1. The first kappa shape index (κ1) is 14.8. The number of hydrogen-bond acceptors (Lipinski definition) is 4. The van der Waals surface area contributed by atoms with Crippen LogP contribution in [0.4, 0.5) is 5.69 Å². The Morgan fingerprint density at radius 3 is 2.71 bits per heavy atom. The number of carbonyl (C=O) groups is 1. The summed E-state index contributed by atoms with van der Waals surface area (Å²) < 4.78 is 5.48. The molecular weight excluding hydrogens is 266 g/mol. The van der Waals surface area contributed by atoms with Crippen molar-refractivity contribution in [3.63, 3.8) is 0 Å². The molecule has 0 aliphatic heterocycles. The highest BCUT2D eigenvalue weighted by molar-refractivity contribution is 5.98. The smallest absolute Gasteiger partial charge is 0.255 e. The molecule has 5 heteroatoms. The van der Waals surface area contributed by atoms with Gasteiger partial charge in [-0.1, -0.05) is 6.07 Å². The van der Waals surface area contributed by atoms with Crippen LogP contribution in [-0.2, 0) is 0 Å². The summed E-state index contributed by atoms with van der Waals surface area (Å²) >= 11 is 0. The van der Waals surface area contributed by atoms with Gasteiger partial charge in [-0.2, -0.15) is 0 Å². The van der Waals surface area contributed by atoms with Crippen molar-refractivity contribution in [2.45, 2.75) is 19.9 Å². The molecule has 0 radical (unpaired) electrons. The van der Waals surface area contributed by atoms with Gasteiger partial charge < -0.3 is 15.8 Å². The molecule has 21 heavy (non-hydrogen) atoms. The summed E-state index contributed by atoms with van der Waals surface area (Å²) in [6.45, 7) is 4.22. The molecule has 1 aromatic heterocycles. The van der Waals surface area contributed by atoms with Crippen LogP contribution in [0.15, 0.2) is 42.7 Å². The number of pyridine rings is 1. The monoisotopic (exact) mass is 285 g/mol. The van der Waals surface area contributed by atoms with Crippen LogP contribution in [0.25, 0.3) is 0 Å². The van der Waals surface area contributed by atoms with Crippen molar-refractivity contribution in [2.75, 3.05) is 12.3 Å². The Balaban J connectivity index is 2.19. The van der Waals surface area contributed by atoms with Crippen LogP contribution in [0.1, 0.15) is 35.8 Å². The Morgan fingerprint density at radius 2 is 2.05 bits per heavy atom. The Hall–Kier alpha value is -2.56. The van der Waals surface area contributed by atoms with Gasteiger partial charge in [0.1, 0.15) is 0 Å². The summed E-state index contributed by atoms with van der Waals surface area (Å²) in [5.74, 6) is 0.217. The van der Waals surface area contributed by atoms with Crippen LogP contribution < -0.4 is 15.8 Å². The van der Waals surface area contributed by atoms with Crippen LogP contribution in [-0.4, -0.2) is 17.5 Å². The summed E-state index contributed by atoms with van der Waals surface area (Å²) in [6, 6.07) is 8.77. The van der Waals surface area contributed by atoms with Gasteiger partial charge in [0.25, 0.3) is 5.91 Å². The summed E-state index contributed by atoms with van der Waals surface area (Å²) in [6.07, 6.45) is 3.40. The number of nitrogens with two attached hydrogens (primary N) is 1. The number of amides is 1. The SMILES string of the molecule is CCOc1c(N)cccc1C(=O)NC(C)c1ccncc1. The van der Waals surface area contributed by atoms with Gasteiger partial charge in [-0.15, -0.1) is 0 Å². The fourth-order valence-corrected chi connectivity index (χ4v) is 2.05. The molecule has 110 valence electrons. The van der Waals surface area contributed by atoms with E-state index in [0.29, 0.717) is 23.6 Å². The van der Waals surface area contributed by atoms with Gasteiger partial charge in [0.15, 0.2) is 5.75 Å². The maximum Gasteiger partial charge on any atom is 0.255 e. The molecule has 0 saturated carbocycles. The van der Waals surface area contributed by atoms with E-state index in [-0.39, 0.29) is 11.9 Å². The Labute approximate surface area is 124 Å². The van der Waals surface area contributed by atoms with E-state index < -0.39 is 0 Å². The minimum atomic E-state index is -0.213. The first-order valence-electron chi connectivity index (χ1n) is 6.85. The van der Waals surface area contributed by atoms with Gasteiger partial charge in [-0.25, -0.2) is 0 Å². The lowest BCUT2D eigenvalue weighted by molar-refractivity contribution is 0.0936. The van der Waals surface area contributed by atoms with Crippen molar-refractivity contribution < 1.29 is 9.53 Å². The predicted molar refractivity (Wildman–Crippen MR) is 82.1 cm³/mol. The van der Waals surface area contributed by atoms with E-state index in [0.717, 1.165) is 5.56 Å².